The Hall–Kier alpha value is -1.01. The number of nitrogens with one attached hydrogen (secondary N) is 1. The zero-order valence-corrected chi connectivity index (χ0v) is 13.7. The van der Waals surface area contributed by atoms with Crippen molar-refractivity contribution in [1.29, 1.82) is 0 Å². The Labute approximate surface area is 130 Å². The molecule has 0 spiro atoms. The Bertz CT molecular complexity index is 492. The van der Waals surface area contributed by atoms with Crippen LogP contribution in [0, 0.1) is 5.92 Å². The van der Waals surface area contributed by atoms with E-state index in [1.54, 1.807) is 0 Å². The first-order chi connectivity index (χ1) is 10.1. The Morgan fingerprint density at radius 2 is 2.19 bits per heavy atom. The molecule has 0 radical (unpaired) electrons. The number of carbonyl (C=O) groups is 1. The Morgan fingerprint density at radius 3 is 2.81 bits per heavy atom. The topological polar surface area (TPSA) is 58.1 Å². The van der Waals surface area contributed by atoms with Crippen LogP contribution in [0.3, 0.4) is 0 Å². The standard InChI is InChI=1S/C15H24N4OS/c1-10(2)13-14(21-18-17-13)15(20)19(8-11-5-6-11)9-12-4-3-7-16-12/h10-12,16H,3-9H2,1-2H3. The van der Waals surface area contributed by atoms with Crippen LogP contribution in [0.4, 0.5) is 0 Å². The van der Waals surface area contributed by atoms with Gasteiger partial charge in [-0.25, -0.2) is 0 Å². The number of nitrogens with zero attached hydrogens (tertiary/aromatic N) is 3. The van der Waals surface area contributed by atoms with Crippen LogP contribution in [0.5, 0.6) is 0 Å². The molecule has 2 heterocycles. The molecular weight excluding hydrogens is 284 g/mol. The predicted octanol–water partition coefficient (Wildman–Crippen LogP) is 2.27. The Morgan fingerprint density at radius 1 is 1.38 bits per heavy atom. The molecule has 6 heteroatoms. The van der Waals surface area contributed by atoms with Crippen molar-refractivity contribution in [2.75, 3.05) is 19.6 Å². The van der Waals surface area contributed by atoms with Gasteiger partial charge in [0, 0.05) is 19.1 Å². The molecule has 21 heavy (non-hydrogen) atoms. The minimum Gasteiger partial charge on any atom is -0.336 e. The first-order valence-electron chi connectivity index (χ1n) is 8.00. The summed E-state index contributed by atoms with van der Waals surface area (Å²) < 4.78 is 4.00. The number of amides is 1. The van der Waals surface area contributed by atoms with Crippen LogP contribution >= 0.6 is 11.5 Å². The molecule has 1 amide bonds. The van der Waals surface area contributed by atoms with Gasteiger partial charge in [-0.2, -0.15) is 0 Å². The fourth-order valence-corrected chi connectivity index (χ4v) is 3.69. The second-order valence-electron chi connectivity index (χ2n) is 6.59. The van der Waals surface area contributed by atoms with Crippen LogP contribution in [0.25, 0.3) is 0 Å². The number of aromatic nitrogens is 2. The van der Waals surface area contributed by atoms with Gasteiger partial charge in [-0.05, 0) is 55.6 Å². The smallest absolute Gasteiger partial charge is 0.267 e. The van der Waals surface area contributed by atoms with Crippen molar-refractivity contribution >= 4 is 17.4 Å². The molecule has 0 aromatic carbocycles. The summed E-state index contributed by atoms with van der Waals surface area (Å²) in [5, 5.41) is 7.65. The maximum atomic E-state index is 12.9. The lowest BCUT2D eigenvalue weighted by Gasteiger charge is -2.25. The van der Waals surface area contributed by atoms with Gasteiger partial charge in [0.2, 0.25) is 0 Å². The second-order valence-corrected chi connectivity index (χ2v) is 7.34. The fourth-order valence-electron chi connectivity index (χ4n) is 2.90. The molecule has 5 nitrogen and oxygen atoms in total. The third-order valence-corrected chi connectivity index (χ3v) is 5.05. The maximum Gasteiger partial charge on any atom is 0.267 e. The molecule has 1 saturated heterocycles. The average Bonchev–Trinajstić information content (AvgIpc) is 2.95. The summed E-state index contributed by atoms with van der Waals surface area (Å²) in [6, 6.07) is 0.455. The van der Waals surface area contributed by atoms with E-state index in [2.05, 4.69) is 28.8 Å². The van der Waals surface area contributed by atoms with Crippen molar-refractivity contribution in [2.45, 2.75) is 51.5 Å². The molecule has 2 aliphatic rings. The first kappa shape index (κ1) is 14.9. The molecule has 1 aromatic rings. The van der Waals surface area contributed by atoms with Gasteiger partial charge in [0.25, 0.3) is 5.91 Å². The van der Waals surface area contributed by atoms with Crippen molar-refractivity contribution in [3.05, 3.63) is 10.6 Å². The van der Waals surface area contributed by atoms with E-state index in [1.165, 1.54) is 37.2 Å². The second kappa shape index (κ2) is 6.40. The van der Waals surface area contributed by atoms with E-state index in [9.17, 15) is 4.79 Å². The fraction of sp³-hybridized carbons (Fsp3) is 0.800. The number of carbonyl (C=O) groups excluding carboxylic acids is 1. The molecule has 0 bridgehead atoms. The van der Waals surface area contributed by atoms with Crippen molar-refractivity contribution in [3.63, 3.8) is 0 Å². The van der Waals surface area contributed by atoms with Crippen LogP contribution in [0.15, 0.2) is 0 Å². The SMILES string of the molecule is CC(C)c1nnsc1C(=O)N(CC1CC1)CC1CCCN1. The summed E-state index contributed by atoms with van der Waals surface area (Å²) in [6.07, 6.45) is 4.92. The molecule has 1 saturated carbocycles. The van der Waals surface area contributed by atoms with Crippen molar-refractivity contribution in [3.8, 4) is 0 Å². The van der Waals surface area contributed by atoms with E-state index in [1.807, 2.05) is 4.90 Å². The van der Waals surface area contributed by atoms with E-state index < -0.39 is 0 Å². The minimum atomic E-state index is 0.134. The predicted molar refractivity (Wildman–Crippen MR) is 83.7 cm³/mol. The van der Waals surface area contributed by atoms with E-state index in [-0.39, 0.29) is 11.8 Å². The van der Waals surface area contributed by atoms with Crippen LogP contribution in [-0.4, -0.2) is 46.1 Å². The van der Waals surface area contributed by atoms with E-state index in [4.69, 9.17) is 0 Å². The average molecular weight is 308 g/mol. The highest BCUT2D eigenvalue weighted by Gasteiger charge is 2.31. The summed E-state index contributed by atoms with van der Waals surface area (Å²) in [7, 11) is 0. The van der Waals surface area contributed by atoms with Gasteiger partial charge < -0.3 is 10.2 Å². The van der Waals surface area contributed by atoms with E-state index in [0.29, 0.717) is 12.0 Å². The molecule has 116 valence electrons. The lowest BCUT2D eigenvalue weighted by molar-refractivity contribution is 0.0736. The van der Waals surface area contributed by atoms with Gasteiger partial charge in [-0.3, -0.25) is 4.79 Å². The molecule has 1 aromatic heterocycles. The summed E-state index contributed by atoms with van der Waals surface area (Å²) >= 11 is 1.25. The third kappa shape index (κ3) is 3.61. The zero-order chi connectivity index (χ0) is 14.8. The van der Waals surface area contributed by atoms with Gasteiger partial charge in [0.15, 0.2) is 0 Å². The van der Waals surface area contributed by atoms with Crippen molar-refractivity contribution in [1.82, 2.24) is 19.8 Å². The van der Waals surface area contributed by atoms with Crippen LogP contribution in [-0.2, 0) is 0 Å². The molecule has 2 fully saturated rings. The van der Waals surface area contributed by atoms with Gasteiger partial charge in [-0.15, -0.1) is 5.10 Å². The highest BCUT2D eigenvalue weighted by atomic mass is 32.1. The molecule has 1 atom stereocenters. The largest absolute Gasteiger partial charge is 0.336 e. The summed E-state index contributed by atoms with van der Waals surface area (Å²) in [6.45, 7) is 6.93. The number of rotatable bonds is 6. The monoisotopic (exact) mass is 308 g/mol. The van der Waals surface area contributed by atoms with Crippen molar-refractivity contribution in [2.24, 2.45) is 5.92 Å². The summed E-state index contributed by atoms with van der Waals surface area (Å²) in [5.41, 5.74) is 0.852. The van der Waals surface area contributed by atoms with Gasteiger partial charge in [-0.1, -0.05) is 18.3 Å². The lowest BCUT2D eigenvalue weighted by Crippen LogP contribution is -2.42. The highest BCUT2D eigenvalue weighted by molar-refractivity contribution is 7.08. The molecule has 3 rings (SSSR count). The molecule has 1 N–H and O–H groups in total. The van der Waals surface area contributed by atoms with Gasteiger partial charge in [0.1, 0.15) is 4.88 Å². The number of hydrogen-bond acceptors (Lipinski definition) is 5. The molecule has 1 aliphatic carbocycles. The first-order valence-corrected chi connectivity index (χ1v) is 8.77. The van der Waals surface area contributed by atoms with E-state index >= 15 is 0 Å². The quantitative estimate of drug-likeness (QED) is 0.876. The Balaban J connectivity index is 1.73. The maximum absolute atomic E-state index is 12.9. The Kier molecular flexibility index (Phi) is 4.54. The zero-order valence-electron chi connectivity index (χ0n) is 12.8. The number of hydrogen-bond donors (Lipinski definition) is 1. The molecule has 1 unspecified atom stereocenters. The molecular formula is C15H24N4OS. The van der Waals surface area contributed by atoms with Crippen LogP contribution < -0.4 is 5.32 Å². The lowest BCUT2D eigenvalue weighted by atomic mass is 10.1. The third-order valence-electron chi connectivity index (χ3n) is 4.32. The summed E-state index contributed by atoms with van der Waals surface area (Å²) in [5.74, 6) is 1.09. The normalized spacial score (nSPS) is 22.0. The van der Waals surface area contributed by atoms with Gasteiger partial charge in [0.05, 0.1) is 5.69 Å². The van der Waals surface area contributed by atoms with Gasteiger partial charge >= 0.3 is 0 Å². The van der Waals surface area contributed by atoms with Crippen LogP contribution in [0.2, 0.25) is 0 Å². The van der Waals surface area contributed by atoms with E-state index in [0.717, 1.165) is 30.2 Å². The van der Waals surface area contributed by atoms with Crippen molar-refractivity contribution < 1.29 is 4.79 Å². The molecule has 1 aliphatic heterocycles. The minimum absolute atomic E-state index is 0.134. The summed E-state index contributed by atoms with van der Waals surface area (Å²) in [4.78, 5) is 15.7. The van der Waals surface area contributed by atoms with Crippen LogP contribution in [0.1, 0.15) is 60.8 Å². The highest BCUT2D eigenvalue weighted by Crippen LogP contribution is 2.31.